The van der Waals surface area contributed by atoms with Gasteiger partial charge in [-0.15, -0.1) is 0 Å². The molecule has 0 saturated carbocycles. The molecule has 0 saturated heterocycles. The van der Waals surface area contributed by atoms with Gasteiger partial charge in [0.25, 0.3) is 5.91 Å². The van der Waals surface area contributed by atoms with Crippen molar-refractivity contribution in [1.29, 1.82) is 0 Å². The van der Waals surface area contributed by atoms with E-state index in [1.54, 1.807) is 12.1 Å². The van der Waals surface area contributed by atoms with Crippen LogP contribution in [0.15, 0.2) is 72.8 Å². The quantitative estimate of drug-likeness (QED) is 0.197. The highest BCUT2D eigenvalue weighted by molar-refractivity contribution is 5.99. The minimum atomic E-state index is -2.08. The topological polar surface area (TPSA) is 184 Å². The Bertz CT molecular complexity index is 1590. The van der Waals surface area contributed by atoms with Gasteiger partial charge in [0, 0.05) is 31.9 Å². The number of hydrogen-bond acceptors (Lipinski definition) is 10. The molecule has 1 aliphatic carbocycles. The molecule has 3 N–H and O–H groups in total. The van der Waals surface area contributed by atoms with Crippen molar-refractivity contribution >= 4 is 41.6 Å². The minimum Gasteiger partial charge on any atom is -0.478 e. The van der Waals surface area contributed by atoms with Gasteiger partial charge in [-0.3, -0.25) is 14.4 Å². The third-order valence-corrected chi connectivity index (χ3v) is 7.15. The van der Waals surface area contributed by atoms with Gasteiger partial charge in [-0.05, 0) is 39.9 Å². The van der Waals surface area contributed by atoms with Crippen LogP contribution in [0, 0.1) is 0 Å². The van der Waals surface area contributed by atoms with Gasteiger partial charge in [0.05, 0.1) is 7.11 Å². The number of hydrogen-bond donors (Lipinski definition) is 3. The van der Waals surface area contributed by atoms with Crippen LogP contribution in [-0.4, -0.2) is 73.0 Å². The molecule has 13 nitrogen and oxygen atoms in total. The van der Waals surface area contributed by atoms with E-state index in [0.29, 0.717) is 5.56 Å². The lowest BCUT2D eigenvalue weighted by Crippen LogP contribution is -2.47. The first-order valence-corrected chi connectivity index (χ1v) is 14.1. The van der Waals surface area contributed by atoms with Crippen LogP contribution in [0.4, 0.5) is 10.5 Å². The van der Waals surface area contributed by atoms with Crippen molar-refractivity contribution in [3.63, 3.8) is 0 Å². The van der Waals surface area contributed by atoms with Crippen LogP contribution in [0.25, 0.3) is 11.1 Å². The summed E-state index contributed by atoms with van der Waals surface area (Å²) in [6.45, 7) is 1.97. The monoisotopic (exact) mass is 632 g/mol. The average molecular weight is 633 g/mol. The second kappa shape index (κ2) is 14.8. The number of nitrogens with one attached hydrogen (secondary N) is 2. The molecule has 4 rings (SSSR count). The van der Waals surface area contributed by atoms with E-state index in [0.717, 1.165) is 36.1 Å². The molecule has 46 heavy (non-hydrogen) atoms. The number of carboxylic acids is 1. The zero-order chi connectivity index (χ0) is 33.4. The lowest BCUT2D eigenvalue weighted by Gasteiger charge is -2.22. The van der Waals surface area contributed by atoms with Gasteiger partial charge < -0.3 is 34.7 Å². The molecule has 3 atom stereocenters. The molecule has 2 amide bonds. The number of ether oxygens (including phenoxy) is 4. The molecule has 0 aromatic heterocycles. The molecule has 240 valence electrons. The number of carboxylic acid groups (broad SMARTS) is 1. The van der Waals surface area contributed by atoms with Crippen molar-refractivity contribution < 1.29 is 52.8 Å². The molecule has 13 heteroatoms. The second-order valence-corrected chi connectivity index (χ2v) is 10.3. The van der Waals surface area contributed by atoms with E-state index in [1.165, 1.54) is 19.2 Å². The Hall–Kier alpha value is -5.72. The molecular formula is C33H32N2O11. The normalized spacial score (nSPS) is 13.5. The highest BCUT2D eigenvalue weighted by atomic mass is 16.6. The van der Waals surface area contributed by atoms with Crippen molar-refractivity contribution in [2.75, 3.05) is 19.0 Å². The Morgan fingerprint density at radius 1 is 0.783 bits per heavy atom. The van der Waals surface area contributed by atoms with E-state index < -0.39 is 54.1 Å². The fourth-order valence-corrected chi connectivity index (χ4v) is 5.14. The summed E-state index contributed by atoms with van der Waals surface area (Å²) in [6, 6.07) is 20.7. The van der Waals surface area contributed by atoms with Gasteiger partial charge >= 0.3 is 30.0 Å². The van der Waals surface area contributed by atoms with Gasteiger partial charge in [0.2, 0.25) is 12.2 Å². The zero-order valence-corrected chi connectivity index (χ0v) is 25.2. The van der Waals surface area contributed by atoms with Crippen LogP contribution in [0.2, 0.25) is 0 Å². The molecular weight excluding hydrogens is 600 g/mol. The first-order chi connectivity index (χ1) is 22.0. The lowest BCUT2D eigenvalue weighted by molar-refractivity contribution is -0.179. The predicted octanol–water partition coefficient (Wildman–Crippen LogP) is 3.20. The maximum Gasteiger partial charge on any atom is 0.407 e. The zero-order valence-electron chi connectivity index (χ0n) is 25.2. The molecule has 0 spiro atoms. The summed E-state index contributed by atoms with van der Waals surface area (Å²) in [5, 5.41) is 14.4. The summed E-state index contributed by atoms with van der Waals surface area (Å²) in [4.78, 5) is 72.7. The predicted molar refractivity (Wildman–Crippen MR) is 162 cm³/mol. The SMILES string of the molecule is COC(=O)[C@H](Cc1ccc(NC(=O)[C@@H](OC(C)=O)[C@H](OC(C)=O)C(=O)O)cc1)NC(=O)OCC1c2ccccc2-c2ccccc21. The van der Waals surface area contributed by atoms with Gasteiger partial charge in [-0.25, -0.2) is 14.4 Å². The van der Waals surface area contributed by atoms with Crippen LogP contribution in [0.5, 0.6) is 0 Å². The largest absolute Gasteiger partial charge is 0.478 e. The Balaban J connectivity index is 1.39. The third-order valence-electron chi connectivity index (χ3n) is 7.15. The Labute approximate surface area is 263 Å². The summed E-state index contributed by atoms with van der Waals surface area (Å²) in [5.41, 5.74) is 4.97. The molecule has 1 aliphatic rings. The number of amides is 2. The van der Waals surface area contributed by atoms with Crippen molar-refractivity contribution in [3.8, 4) is 11.1 Å². The smallest absolute Gasteiger partial charge is 0.407 e. The van der Waals surface area contributed by atoms with Gasteiger partial charge in [0.1, 0.15) is 12.6 Å². The number of aliphatic carboxylic acids is 1. The third kappa shape index (κ3) is 8.05. The number of rotatable bonds is 12. The fraction of sp³-hybridized carbons (Fsp3) is 0.273. The molecule has 0 bridgehead atoms. The molecule has 0 unspecified atom stereocenters. The molecule has 0 fully saturated rings. The summed E-state index contributed by atoms with van der Waals surface area (Å²) in [6.07, 6.45) is -4.85. The highest BCUT2D eigenvalue weighted by Gasteiger charge is 2.39. The molecule has 3 aromatic rings. The van der Waals surface area contributed by atoms with Crippen molar-refractivity contribution in [1.82, 2.24) is 5.32 Å². The van der Waals surface area contributed by atoms with Crippen molar-refractivity contribution in [3.05, 3.63) is 89.5 Å². The number of benzene rings is 3. The summed E-state index contributed by atoms with van der Waals surface area (Å²) < 4.78 is 19.9. The number of carbonyl (C=O) groups excluding carboxylic acids is 5. The van der Waals surface area contributed by atoms with Gasteiger partial charge in [0.15, 0.2) is 0 Å². The average Bonchev–Trinajstić information content (AvgIpc) is 3.35. The Morgan fingerprint density at radius 2 is 1.33 bits per heavy atom. The molecule has 0 radical (unpaired) electrons. The number of fused-ring (bicyclic) bond motifs is 3. The molecule has 0 aliphatic heterocycles. The first kappa shape index (κ1) is 33.2. The lowest BCUT2D eigenvalue weighted by atomic mass is 9.98. The van der Waals surface area contributed by atoms with E-state index >= 15 is 0 Å². The van der Waals surface area contributed by atoms with Crippen molar-refractivity contribution in [2.45, 2.75) is 44.4 Å². The number of anilines is 1. The van der Waals surface area contributed by atoms with E-state index in [2.05, 4.69) is 15.4 Å². The number of methoxy groups -OCH3 is 1. The van der Waals surface area contributed by atoms with Gasteiger partial charge in [-0.2, -0.15) is 0 Å². The minimum absolute atomic E-state index is 0.00864. The van der Waals surface area contributed by atoms with Crippen molar-refractivity contribution in [2.24, 2.45) is 0 Å². The standard InChI is InChI=1S/C33H32N2O11/c1-18(36)45-28(29(31(39)40)46-19(2)37)30(38)34-21-14-12-20(13-15-21)16-27(32(41)43-3)35-33(42)44-17-26-24-10-6-4-8-22(24)23-9-5-7-11-25(23)26/h4-15,26-29H,16-17H2,1-3H3,(H,34,38)(H,35,42)(H,39,40)/t27-,28-,29-/m0/s1. The number of carbonyl (C=O) groups is 6. The molecule has 3 aromatic carbocycles. The van der Waals surface area contributed by atoms with Crippen LogP contribution >= 0.6 is 0 Å². The summed E-state index contributed by atoms with van der Waals surface area (Å²) in [7, 11) is 1.19. The van der Waals surface area contributed by atoms with E-state index in [1.807, 2.05) is 48.5 Å². The van der Waals surface area contributed by atoms with Crippen LogP contribution < -0.4 is 10.6 Å². The number of alkyl carbamates (subject to hydrolysis) is 1. The van der Waals surface area contributed by atoms with Gasteiger partial charge in [-0.1, -0.05) is 60.7 Å². The van der Waals surface area contributed by atoms with Crippen LogP contribution in [0.3, 0.4) is 0 Å². The summed E-state index contributed by atoms with van der Waals surface area (Å²) in [5.74, 6) is -5.58. The Kier molecular flexibility index (Phi) is 10.7. The first-order valence-electron chi connectivity index (χ1n) is 14.1. The van der Waals surface area contributed by atoms with Crippen LogP contribution in [0.1, 0.15) is 36.5 Å². The highest BCUT2D eigenvalue weighted by Crippen LogP contribution is 2.44. The van der Waals surface area contributed by atoms with E-state index in [4.69, 9.17) is 14.2 Å². The number of esters is 3. The molecule has 0 heterocycles. The van der Waals surface area contributed by atoms with E-state index in [9.17, 15) is 33.9 Å². The second-order valence-electron chi connectivity index (χ2n) is 10.3. The summed E-state index contributed by atoms with van der Waals surface area (Å²) >= 11 is 0. The Morgan fingerprint density at radius 3 is 1.85 bits per heavy atom. The van der Waals surface area contributed by atoms with E-state index in [-0.39, 0.29) is 24.6 Å². The maximum atomic E-state index is 12.8. The van der Waals surface area contributed by atoms with Crippen LogP contribution in [-0.2, 0) is 49.3 Å². The fourth-order valence-electron chi connectivity index (χ4n) is 5.14. The maximum absolute atomic E-state index is 12.8.